The first-order valence-corrected chi connectivity index (χ1v) is 17.3. The summed E-state index contributed by atoms with van der Waals surface area (Å²) < 4.78 is 18.2. The van der Waals surface area contributed by atoms with Crippen LogP contribution in [0.15, 0.2) is 36.4 Å². The molecule has 4 heteroatoms. The van der Waals surface area contributed by atoms with Crippen LogP contribution in [-0.2, 0) is 38.5 Å². The van der Waals surface area contributed by atoms with E-state index in [2.05, 4.69) is 41.3 Å². The van der Waals surface area contributed by atoms with Crippen molar-refractivity contribution in [3.63, 3.8) is 0 Å². The van der Waals surface area contributed by atoms with E-state index in [9.17, 15) is 0 Å². The third-order valence-corrected chi connectivity index (χ3v) is 11.9. The van der Waals surface area contributed by atoms with E-state index in [0.29, 0.717) is 17.8 Å². The standard InChI is InChI=1S/C39H45NO3/c1-4-28(36-25(1)9-11-34-32(36)17-23-41-34)13-19-40(20-14-29-5-2-26-10-12-35-33(37(26)29)18-24-42-35)21-15-30-6-3-27-7-8-31-16-22-43-39(31)38(27)30/h7-12,28-30H,1-6,13-24H2. The summed E-state index contributed by atoms with van der Waals surface area (Å²) in [4.78, 5) is 2.86. The highest BCUT2D eigenvalue weighted by Gasteiger charge is 2.33. The first-order valence-electron chi connectivity index (χ1n) is 17.3. The van der Waals surface area contributed by atoms with Crippen LogP contribution in [0.3, 0.4) is 0 Å². The van der Waals surface area contributed by atoms with Crippen LogP contribution in [-0.4, -0.2) is 44.4 Å². The van der Waals surface area contributed by atoms with Crippen LogP contribution in [0.2, 0.25) is 0 Å². The van der Waals surface area contributed by atoms with E-state index in [1.165, 1.54) is 99.9 Å². The molecule has 3 aromatic rings. The summed E-state index contributed by atoms with van der Waals surface area (Å²) in [5, 5.41) is 0. The average Bonchev–Trinajstić information content (AvgIpc) is 3.86. The van der Waals surface area contributed by atoms with Crippen molar-refractivity contribution in [2.24, 2.45) is 0 Å². The van der Waals surface area contributed by atoms with Gasteiger partial charge >= 0.3 is 0 Å². The lowest BCUT2D eigenvalue weighted by Gasteiger charge is -2.28. The largest absolute Gasteiger partial charge is 0.493 e. The van der Waals surface area contributed by atoms with Crippen LogP contribution >= 0.6 is 0 Å². The molecule has 224 valence electrons. The van der Waals surface area contributed by atoms with Crippen LogP contribution < -0.4 is 14.2 Å². The molecule has 6 aliphatic rings. The highest BCUT2D eigenvalue weighted by Crippen LogP contribution is 2.47. The summed E-state index contributed by atoms with van der Waals surface area (Å²) in [7, 11) is 0. The molecule has 3 aliphatic heterocycles. The summed E-state index contributed by atoms with van der Waals surface area (Å²) in [6, 6.07) is 13.9. The van der Waals surface area contributed by atoms with Gasteiger partial charge in [-0.25, -0.2) is 0 Å². The molecule has 3 atom stereocenters. The molecule has 0 saturated heterocycles. The second-order valence-electron chi connectivity index (χ2n) is 14.1. The minimum Gasteiger partial charge on any atom is -0.493 e. The van der Waals surface area contributed by atoms with Gasteiger partial charge in [0.05, 0.1) is 19.8 Å². The molecule has 0 bridgehead atoms. The van der Waals surface area contributed by atoms with E-state index >= 15 is 0 Å². The molecule has 9 rings (SSSR count). The van der Waals surface area contributed by atoms with Crippen molar-refractivity contribution < 1.29 is 14.2 Å². The Hall–Kier alpha value is -2.98. The van der Waals surface area contributed by atoms with Gasteiger partial charge in [0.2, 0.25) is 0 Å². The molecule has 0 radical (unpaired) electrons. The van der Waals surface area contributed by atoms with Crippen molar-refractivity contribution >= 4 is 0 Å². The smallest absolute Gasteiger partial charge is 0.126 e. The number of ether oxygens (including phenoxy) is 3. The molecule has 3 unspecified atom stereocenters. The van der Waals surface area contributed by atoms with Crippen molar-refractivity contribution in [1.82, 2.24) is 4.90 Å². The van der Waals surface area contributed by atoms with Crippen molar-refractivity contribution in [2.75, 3.05) is 39.5 Å². The number of benzene rings is 3. The predicted octanol–water partition coefficient (Wildman–Crippen LogP) is 7.45. The van der Waals surface area contributed by atoms with Gasteiger partial charge in [-0.15, -0.1) is 0 Å². The summed E-state index contributed by atoms with van der Waals surface area (Å²) in [6.45, 7) is 6.18. The minimum atomic E-state index is 0.644. The predicted molar refractivity (Wildman–Crippen MR) is 170 cm³/mol. The lowest BCUT2D eigenvalue weighted by Crippen LogP contribution is -2.30. The molecule has 0 aromatic heterocycles. The highest BCUT2D eigenvalue weighted by molar-refractivity contribution is 5.54. The molecule has 0 spiro atoms. The number of rotatable bonds is 9. The van der Waals surface area contributed by atoms with Crippen molar-refractivity contribution in [1.29, 1.82) is 0 Å². The van der Waals surface area contributed by atoms with Gasteiger partial charge in [0.25, 0.3) is 0 Å². The number of nitrogens with zero attached hydrogens (tertiary/aromatic N) is 1. The van der Waals surface area contributed by atoms with Gasteiger partial charge in [-0.1, -0.05) is 24.3 Å². The fourth-order valence-corrected chi connectivity index (χ4v) is 9.77. The Morgan fingerprint density at radius 3 is 1.53 bits per heavy atom. The zero-order valence-electron chi connectivity index (χ0n) is 25.6. The van der Waals surface area contributed by atoms with Crippen molar-refractivity contribution in [2.45, 2.75) is 94.8 Å². The third-order valence-electron chi connectivity index (χ3n) is 11.9. The van der Waals surface area contributed by atoms with Crippen molar-refractivity contribution in [3.8, 4) is 17.2 Å². The molecule has 0 amide bonds. The summed E-state index contributed by atoms with van der Waals surface area (Å²) >= 11 is 0. The van der Waals surface area contributed by atoms with Gasteiger partial charge in [0.1, 0.15) is 17.2 Å². The maximum absolute atomic E-state index is 6.21. The average molecular weight is 576 g/mol. The van der Waals surface area contributed by atoms with E-state index in [1.54, 1.807) is 33.4 Å². The maximum atomic E-state index is 6.21. The normalized spacial score (nSPS) is 23.8. The Bertz CT molecular complexity index is 1370. The van der Waals surface area contributed by atoms with Crippen LogP contribution in [0.1, 0.15) is 106 Å². The van der Waals surface area contributed by atoms with Gasteiger partial charge in [-0.05, 0) is 141 Å². The summed E-state index contributed by atoms with van der Waals surface area (Å²) in [5.41, 5.74) is 14.1. The van der Waals surface area contributed by atoms with E-state index in [4.69, 9.17) is 14.2 Å². The molecule has 43 heavy (non-hydrogen) atoms. The van der Waals surface area contributed by atoms with Gasteiger partial charge in [-0.2, -0.15) is 0 Å². The Kier molecular flexibility index (Phi) is 6.68. The Morgan fingerprint density at radius 1 is 0.488 bits per heavy atom. The topological polar surface area (TPSA) is 30.9 Å². The number of fused-ring (bicyclic) bond motifs is 9. The molecule has 0 fully saturated rings. The fraction of sp³-hybridized carbons (Fsp3) is 0.538. The second-order valence-corrected chi connectivity index (χ2v) is 14.1. The monoisotopic (exact) mass is 575 g/mol. The van der Waals surface area contributed by atoms with E-state index in [0.717, 1.165) is 50.6 Å². The molecule has 3 heterocycles. The molecular formula is C39H45NO3. The number of aryl methyl sites for hydroxylation is 3. The SMILES string of the molecule is c1cc2c(c3c1CCO3)C(CCN(CCC1CCc3ccc4c(c31)CCO4)CCC1CCc3ccc4c(c31)CCO4)CC2. The summed E-state index contributed by atoms with van der Waals surface area (Å²) in [6.07, 6.45) is 14.7. The van der Waals surface area contributed by atoms with Crippen LogP contribution in [0, 0.1) is 0 Å². The fourth-order valence-electron chi connectivity index (χ4n) is 9.77. The molecule has 4 nitrogen and oxygen atoms in total. The number of hydrogen-bond donors (Lipinski definition) is 0. The van der Waals surface area contributed by atoms with Gasteiger partial charge in [0, 0.05) is 36.0 Å². The van der Waals surface area contributed by atoms with Gasteiger partial charge < -0.3 is 19.1 Å². The molecule has 0 saturated carbocycles. The zero-order chi connectivity index (χ0) is 28.3. The maximum Gasteiger partial charge on any atom is 0.126 e. The lowest BCUT2D eigenvalue weighted by molar-refractivity contribution is 0.242. The minimum absolute atomic E-state index is 0.644. The molecular weight excluding hydrogens is 530 g/mol. The van der Waals surface area contributed by atoms with Crippen molar-refractivity contribution in [3.05, 3.63) is 86.5 Å². The Morgan fingerprint density at radius 2 is 0.953 bits per heavy atom. The lowest BCUT2D eigenvalue weighted by atomic mass is 9.90. The van der Waals surface area contributed by atoms with Gasteiger partial charge in [0.15, 0.2) is 0 Å². The first-order chi connectivity index (χ1) is 21.3. The molecule has 3 aromatic carbocycles. The Balaban J connectivity index is 0.931. The number of hydrogen-bond acceptors (Lipinski definition) is 4. The van der Waals surface area contributed by atoms with Crippen LogP contribution in [0.4, 0.5) is 0 Å². The molecule has 3 aliphatic carbocycles. The zero-order valence-corrected chi connectivity index (χ0v) is 25.6. The molecule has 0 N–H and O–H groups in total. The first kappa shape index (κ1) is 26.4. The summed E-state index contributed by atoms with van der Waals surface area (Å²) in [5.74, 6) is 5.59. The second kappa shape index (κ2) is 10.9. The van der Waals surface area contributed by atoms with E-state index < -0.39 is 0 Å². The van der Waals surface area contributed by atoms with Crippen LogP contribution in [0.25, 0.3) is 0 Å². The quantitative estimate of drug-likeness (QED) is 0.265. The highest BCUT2D eigenvalue weighted by atomic mass is 16.5. The van der Waals surface area contributed by atoms with E-state index in [1.807, 2.05) is 0 Å². The Labute approximate surface area is 256 Å². The van der Waals surface area contributed by atoms with Gasteiger partial charge in [-0.3, -0.25) is 0 Å². The third kappa shape index (κ3) is 4.58. The van der Waals surface area contributed by atoms with Crippen LogP contribution in [0.5, 0.6) is 17.2 Å². The van der Waals surface area contributed by atoms with E-state index in [-0.39, 0.29) is 0 Å².